The lowest BCUT2D eigenvalue weighted by molar-refractivity contribution is 0.714. The fourth-order valence-corrected chi connectivity index (χ4v) is 9.88. The molecular formula is C60H43N. The summed E-state index contributed by atoms with van der Waals surface area (Å²) in [6, 6.07) is 88.8. The van der Waals surface area contributed by atoms with E-state index in [0.717, 1.165) is 33.8 Å². The van der Waals surface area contributed by atoms with Crippen molar-refractivity contribution in [1.82, 2.24) is 0 Å². The Morgan fingerprint density at radius 3 is 1.51 bits per heavy atom. The Labute approximate surface area is 358 Å². The molecule has 10 aromatic rings. The molecule has 1 heteroatoms. The summed E-state index contributed by atoms with van der Waals surface area (Å²) in [6.45, 7) is 2.40. The van der Waals surface area contributed by atoms with Crippen LogP contribution in [-0.2, 0) is 5.41 Å². The van der Waals surface area contributed by atoms with E-state index in [0.29, 0.717) is 0 Å². The fourth-order valence-electron chi connectivity index (χ4n) is 9.88. The zero-order valence-electron chi connectivity index (χ0n) is 34.0. The lowest BCUT2D eigenvalue weighted by Gasteiger charge is -2.33. The van der Waals surface area contributed by atoms with Crippen molar-refractivity contribution in [1.29, 1.82) is 0 Å². The van der Waals surface area contributed by atoms with Crippen LogP contribution in [0.25, 0.3) is 66.4 Å². The van der Waals surface area contributed by atoms with Gasteiger partial charge in [0.05, 0.1) is 17.1 Å². The van der Waals surface area contributed by atoms with Crippen LogP contribution < -0.4 is 4.90 Å². The highest BCUT2D eigenvalue weighted by Crippen LogP contribution is 2.58. The highest BCUT2D eigenvalue weighted by molar-refractivity contribution is 6.03. The molecule has 1 aliphatic carbocycles. The second-order valence-electron chi connectivity index (χ2n) is 16.1. The molecule has 1 unspecified atom stereocenters. The predicted octanol–water partition coefficient (Wildman–Crippen LogP) is 16.3. The third kappa shape index (κ3) is 6.09. The first-order chi connectivity index (χ1) is 30.2. The van der Waals surface area contributed by atoms with Gasteiger partial charge >= 0.3 is 0 Å². The van der Waals surface area contributed by atoms with Gasteiger partial charge < -0.3 is 4.90 Å². The maximum atomic E-state index is 2.54. The van der Waals surface area contributed by atoms with Crippen LogP contribution in [0.5, 0.6) is 0 Å². The second kappa shape index (κ2) is 15.1. The quantitative estimate of drug-likeness (QED) is 0.149. The standard InChI is InChI=1S/C60H43N/c1-60(46-24-6-3-7-25-46)54-33-15-12-31-53(54)59-55(60)34-19-37-58(59)61(57-36-17-14-30-52(57)51-29-11-10-27-49(51)42-20-4-2-5-21-42)56-35-16-13-28-50(56)45-40-38-44(39-41-45)48-32-18-23-43-22-8-9-26-47(43)48/h2-41H,1H3. The van der Waals surface area contributed by atoms with E-state index in [1.807, 2.05) is 0 Å². The molecule has 0 N–H and O–H groups in total. The van der Waals surface area contributed by atoms with Crippen molar-refractivity contribution in [3.8, 4) is 55.6 Å². The molecule has 0 aliphatic heterocycles. The number of hydrogen-bond acceptors (Lipinski definition) is 1. The Morgan fingerprint density at radius 2 is 0.754 bits per heavy atom. The number of para-hydroxylation sites is 2. The molecule has 61 heavy (non-hydrogen) atoms. The predicted molar refractivity (Wildman–Crippen MR) is 258 cm³/mol. The average molecular weight is 778 g/mol. The maximum Gasteiger partial charge on any atom is 0.0543 e. The topological polar surface area (TPSA) is 3.24 Å². The third-order valence-corrected chi connectivity index (χ3v) is 12.8. The van der Waals surface area contributed by atoms with Crippen LogP contribution in [0.3, 0.4) is 0 Å². The van der Waals surface area contributed by atoms with Gasteiger partial charge in [-0.05, 0) is 91.5 Å². The van der Waals surface area contributed by atoms with Crippen molar-refractivity contribution in [2.75, 3.05) is 4.90 Å². The second-order valence-corrected chi connectivity index (χ2v) is 16.1. The Morgan fingerprint density at radius 1 is 0.295 bits per heavy atom. The summed E-state index contributed by atoms with van der Waals surface area (Å²) in [7, 11) is 0. The van der Waals surface area contributed by atoms with Crippen molar-refractivity contribution >= 4 is 27.8 Å². The van der Waals surface area contributed by atoms with Gasteiger partial charge in [0.1, 0.15) is 0 Å². The molecule has 0 saturated carbocycles. The molecule has 1 nitrogen and oxygen atoms in total. The van der Waals surface area contributed by atoms with Gasteiger partial charge in [-0.25, -0.2) is 0 Å². The van der Waals surface area contributed by atoms with E-state index in [1.54, 1.807) is 0 Å². The number of hydrogen-bond donors (Lipinski definition) is 0. The molecule has 0 heterocycles. The molecule has 0 fully saturated rings. The van der Waals surface area contributed by atoms with E-state index in [4.69, 9.17) is 0 Å². The van der Waals surface area contributed by atoms with E-state index >= 15 is 0 Å². The molecule has 10 aromatic carbocycles. The van der Waals surface area contributed by atoms with Gasteiger partial charge in [-0.2, -0.15) is 0 Å². The molecule has 0 spiro atoms. The van der Waals surface area contributed by atoms with Gasteiger partial charge in [0, 0.05) is 22.1 Å². The van der Waals surface area contributed by atoms with Crippen molar-refractivity contribution in [2.24, 2.45) is 0 Å². The number of nitrogens with zero attached hydrogens (tertiary/aromatic N) is 1. The lowest BCUT2D eigenvalue weighted by Crippen LogP contribution is -2.22. The van der Waals surface area contributed by atoms with Gasteiger partial charge in [-0.15, -0.1) is 0 Å². The molecule has 0 amide bonds. The molecule has 0 saturated heterocycles. The van der Waals surface area contributed by atoms with Gasteiger partial charge in [0.25, 0.3) is 0 Å². The zero-order chi connectivity index (χ0) is 40.8. The molecule has 0 bridgehead atoms. The molecule has 11 rings (SSSR count). The van der Waals surface area contributed by atoms with Crippen LogP contribution in [0.15, 0.2) is 243 Å². The maximum absolute atomic E-state index is 2.54. The Bertz CT molecular complexity index is 3190. The minimum Gasteiger partial charge on any atom is -0.309 e. The largest absolute Gasteiger partial charge is 0.309 e. The zero-order valence-corrected chi connectivity index (χ0v) is 34.0. The van der Waals surface area contributed by atoms with Crippen LogP contribution >= 0.6 is 0 Å². The van der Waals surface area contributed by atoms with Crippen LogP contribution in [0, 0.1) is 0 Å². The highest BCUT2D eigenvalue weighted by Gasteiger charge is 2.42. The first-order valence-electron chi connectivity index (χ1n) is 21.2. The molecule has 0 radical (unpaired) electrons. The van der Waals surface area contributed by atoms with Gasteiger partial charge in [0.15, 0.2) is 0 Å². The van der Waals surface area contributed by atoms with Gasteiger partial charge in [-0.3, -0.25) is 0 Å². The Hall–Kier alpha value is -7.74. The molecular weight excluding hydrogens is 735 g/mol. The summed E-state index contributed by atoms with van der Waals surface area (Å²) >= 11 is 0. The van der Waals surface area contributed by atoms with Crippen molar-refractivity contribution < 1.29 is 0 Å². The smallest absolute Gasteiger partial charge is 0.0543 e. The van der Waals surface area contributed by atoms with Crippen LogP contribution in [0.1, 0.15) is 23.6 Å². The first kappa shape index (κ1) is 36.3. The fraction of sp³-hybridized carbons (Fsp3) is 0.0333. The summed E-state index contributed by atoms with van der Waals surface area (Å²) in [5.41, 5.74) is 19.0. The summed E-state index contributed by atoms with van der Waals surface area (Å²) < 4.78 is 0. The van der Waals surface area contributed by atoms with E-state index in [2.05, 4.69) is 254 Å². The van der Waals surface area contributed by atoms with Crippen molar-refractivity contribution in [3.63, 3.8) is 0 Å². The summed E-state index contributed by atoms with van der Waals surface area (Å²) in [6.07, 6.45) is 0. The van der Waals surface area contributed by atoms with E-state index in [9.17, 15) is 0 Å². The number of rotatable bonds is 8. The third-order valence-electron chi connectivity index (χ3n) is 12.8. The highest BCUT2D eigenvalue weighted by atomic mass is 15.2. The minimum absolute atomic E-state index is 0.342. The number of anilines is 3. The van der Waals surface area contributed by atoms with Crippen molar-refractivity contribution in [3.05, 3.63) is 259 Å². The summed E-state index contributed by atoms with van der Waals surface area (Å²) in [5.74, 6) is 0. The first-order valence-corrected chi connectivity index (χ1v) is 21.2. The minimum atomic E-state index is -0.342. The van der Waals surface area contributed by atoms with Crippen molar-refractivity contribution in [2.45, 2.75) is 12.3 Å². The van der Waals surface area contributed by atoms with Gasteiger partial charge in [0.2, 0.25) is 0 Å². The molecule has 288 valence electrons. The Balaban J connectivity index is 1.16. The SMILES string of the molecule is CC1(c2ccccc2)c2ccccc2-c2c(N(c3ccccc3-c3ccc(-c4cccc5ccccc45)cc3)c3ccccc3-c3ccccc3-c3ccccc3)cccc21. The Kier molecular flexibility index (Phi) is 9.02. The summed E-state index contributed by atoms with van der Waals surface area (Å²) in [4.78, 5) is 2.54. The van der Waals surface area contributed by atoms with E-state index in [1.165, 1.54) is 66.4 Å². The van der Waals surface area contributed by atoms with Crippen LogP contribution in [0.2, 0.25) is 0 Å². The van der Waals surface area contributed by atoms with E-state index < -0.39 is 0 Å². The monoisotopic (exact) mass is 777 g/mol. The summed E-state index contributed by atoms with van der Waals surface area (Å²) in [5, 5.41) is 2.51. The molecule has 1 atom stereocenters. The van der Waals surface area contributed by atoms with Crippen LogP contribution in [0.4, 0.5) is 17.1 Å². The number of fused-ring (bicyclic) bond motifs is 4. The molecule has 1 aliphatic rings. The van der Waals surface area contributed by atoms with Crippen LogP contribution in [-0.4, -0.2) is 0 Å². The van der Waals surface area contributed by atoms with E-state index in [-0.39, 0.29) is 5.41 Å². The number of benzene rings is 10. The molecule has 0 aromatic heterocycles. The average Bonchev–Trinajstić information content (AvgIpc) is 3.61. The van der Waals surface area contributed by atoms with Gasteiger partial charge in [-0.1, -0.05) is 224 Å². The lowest BCUT2D eigenvalue weighted by atomic mass is 9.74. The normalized spacial score (nSPS) is 14.0.